The quantitative estimate of drug-likeness (QED) is 0.696. The van der Waals surface area contributed by atoms with E-state index in [2.05, 4.69) is 16.5 Å². The fourth-order valence-corrected chi connectivity index (χ4v) is 2.80. The molecule has 0 aliphatic heterocycles. The van der Waals surface area contributed by atoms with Crippen LogP contribution in [0.5, 0.6) is 0 Å². The summed E-state index contributed by atoms with van der Waals surface area (Å²) in [4.78, 5) is 16.0. The lowest BCUT2D eigenvalue weighted by molar-refractivity contribution is 0.0526. The number of esters is 1. The van der Waals surface area contributed by atoms with Gasteiger partial charge < -0.3 is 13.9 Å². The third-order valence-electron chi connectivity index (χ3n) is 4.00. The van der Waals surface area contributed by atoms with Crippen LogP contribution in [-0.4, -0.2) is 26.7 Å². The number of aryl methyl sites for hydroxylation is 2. The molecule has 0 aliphatic rings. The highest BCUT2D eigenvalue weighted by Gasteiger charge is 2.15. The molecular weight excluding hydrogens is 278 g/mol. The van der Waals surface area contributed by atoms with Gasteiger partial charge in [0.1, 0.15) is 0 Å². The van der Waals surface area contributed by atoms with Gasteiger partial charge >= 0.3 is 5.97 Å². The van der Waals surface area contributed by atoms with Gasteiger partial charge in [0.25, 0.3) is 0 Å². The Morgan fingerprint density at radius 1 is 1.36 bits per heavy atom. The molecule has 0 atom stereocenters. The Labute approximate surface area is 129 Å². The predicted octanol–water partition coefficient (Wildman–Crippen LogP) is 2.91. The molecule has 0 aliphatic carbocycles. The van der Waals surface area contributed by atoms with E-state index in [4.69, 9.17) is 4.74 Å². The molecule has 0 saturated carbocycles. The summed E-state index contributed by atoms with van der Waals surface area (Å²) in [5, 5.41) is 1.09. The topological polar surface area (TPSA) is 49.1 Å². The number of hydrogen-bond donors (Lipinski definition) is 0. The fourth-order valence-electron chi connectivity index (χ4n) is 2.80. The first-order valence-electron chi connectivity index (χ1n) is 7.32. The molecule has 3 rings (SSSR count). The highest BCUT2D eigenvalue weighted by molar-refractivity contribution is 5.96. The third-order valence-corrected chi connectivity index (χ3v) is 4.00. The van der Waals surface area contributed by atoms with E-state index in [0.717, 1.165) is 17.4 Å². The molecule has 0 amide bonds. The third kappa shape index (κ3) is 2.39. The first-order valence-corrected chi connectivity index (χ1v) is 7.32. The van der Waals surface area contributed by atoms with Crippen LogP contribution in [0.15, 0.2) is 36.9 Å². The zero-order chi connectivity index (χ0) is 15.7. The summed E-state index contributed by atoms with van der Waals surface area (Å²) in [7, 11) is 2.05. The average molecular weight is 297 g/mol. The molecule has 0 saturated heterocycles. The molecule has 0 N–H and O–H groups in total. The number of hydrogen-bond acceptors (Lipinski definition) is 3. The number of rotatable bonds is 4. The first kappa shape index (κ1) is 14.4. The van der Waals surface area contributed by atoms with Gasteiger partial charge in [0, 0.05) is 36.0 Å². The molecule has 2 heterocycles. The summed E-state index contributed by atoms with van der Waals surface area (Å²) in [6.07, 6.45) is 5.53. The molecule has 5 heteroatoms. The molecule has 0 radical (unpaired) electrons. The van der Waals surface area contributed by atoms with E-state index in [1.807, 2.05) is 42.9 Å². The first-order chi connectivity index (χ1) is 10.6. The van der Waals surface area contributed by atoms with Crippen molar-refractivity contribution in [2.45, 2.75) is 20.4 Å². The predicted molar refractivity (Wildman–Crippen MR) is 84.9 cm³/mol. The highest BCUT2D eigenvalue weighted by Crippen LogP contribution is 2.26. The zero-order valence-electron chi connectivity index (χ0n) is 13.0. The Kier molecular flexibility index (Phi) is 3.71. The summed E-state index contributed by atoms with van der Waals surface area (Å²) in [6.45, 7) is 5.04. The van der Waals surface area contributed by atoms with Gasteiger partial charge in [-0.05, 0) is 37.6 Å². The van der Waals surface area contributed by atoms with Crippen LogP contribution in [0.2, 0.25) is 0 Å². The zero-order valence-corrected chi connectivity index (χ0v) is 13.0. The summed E-state index contributed by atoms with van der Waals surface area (Å²) in [5.41, 5.74) is 4.09. The van der Waals surface area contributed by atoms with Crippen molar-refractivity contribution in [1.29, 1.82) is 0 Å². The van der Waals surface area contributed by atoms with Gasteiger partial charge in [-0.1, -0.05) is 0 Å². The van der Waals surface area contributed by atoms with Crippen LogP contribution < -0.4 is 0 Å². The average Bonchev–Trinajstić information content (AvgIpc) is 3.11. The standard InChI is InChI=1S/C17H19N3O2/c1-4-22-17(21)13-5-6-15-14(9-13)12(2)16(19(15)3)10-20-8-7-18-11-20/h5-9,11H,4,10H2,1-3H3. The van der Waals surface area contributed by atoms with E-state index < -0.39 is 0 Å². The van der Waals surface area contributed by atoms with Crippen LogP contribution in [0, 0.1) is 6.92 Å². The molecular formula is C17H19N3O2. The van der Waals surface area contributed by atoms with Gasteiger partial charge in [-0.2, -0.15) is 0 Å². The Bertz CT molecular complexity index is 816. The van der Waals surface area contributed by atoms with E-state index in [1.54, 1.807) is 12.5 Å². The molecule has 0 bridgehead atoms. The minimum atomic E-state index is -0.274. The number of nitrogens with zero attached hydrogens (tertiary/aromatic N) is 3. The maximum absolute atomic E-state index is 11.9. The van der Waals surface area contributed by atoms with Crippen LogP contribution in [0.3, 0.4) is 0 Å². The van der Waals surface area contributed by atoms with Gasteiger partial charge in [-0.15, -0.1) is 0 Å². The number of carbonyl (C=O) groups excluding carboxylic acids is 1. The normalized spacial score (nSPS) is 11.0. The van der Waals surface area contributed by atoms with Crippen molar-refractivity contribution in [3.8, 4) is 0 Å². The van der Waals surface area contributed by atoms with Crippen molar-refractivity contribution < 1.29 is 9.53 Å². The van der Waals surface area contributed by atoms with E-state index in [0.29, 0.717) is 12.2 Å². The molecule has 3 aromatic rings. The van der Waals surface area contributed by atoms with Gasteiger partial charge in [0.15, 0.2) is 0 Å². The Morgan fingerprint density at radius 2 is 2.18 bits per heavy atom. The van der Waals surface area contributed by atoms with Crippen molar-refractivity contribution in [3.63, 3.8) is 0 Å². The summed E-state index contributed by atoms with van der Waals surface area (Å²) in [5.74, 6) is -0.274. The van der Waals surface area contributed by atoms with E-state index in [9.17, 15) is 4.79 Å². The van der Waals surface area contributed by atoms with Crippen molar-refractivity contribution in [1.82, 2.24) is 14.1 Å². The van der Waals surface area contributed by atoms with Crippen molar-refractivity contribution in [3.05, 3.63) is 53.7 Å². The van der Waals surface area contributed by atoms with E-state index in [1.165, 1.54) is 11.3 Å². The van der Waals surface area contributed by atoms with E-state index >= 15 is 0 Å². The lowest BCUT2D eigenvalue weighted by atomic mass is 10.1. The molecule has 0 spiro atoms. The smallest absolute Gasteiger partial charge is 0.338 e. The molecule has 22 heavy (non-hydrogen) atoms. The molecule has 114 valence electrons. The number of fused-ring (bicyclic) bond motifs is 1. The van der Waals surface area contributed by atoms with Gasteiger partial charge in [0.05, 0.1) is 25.0 Å². The van der Waals surface area contributed by atoms with Crippen LogP contribution >= 0.6 is 0 Å². The Balaban J connectivity index is 2.06. The van der Waals surface area contributed by atoms with Crippen molar-refractivity contribution in [2.24, 2.45) is 7.05 Å². The monoisotopic (exact) mass is 297 g/mol. The maximum Gasteiger partial charge on any atom is 0.338 e. The number of carbonyl (C=O) groups is 1. The number of ether oxygens (including phenoxy) is 1. The lowest BCUT2D eigenvalue weighted by Gasteiger charge is -2.06. The highest BCUT2D eigenvalue weighted by atomic mass is 16.5. The molecule has 1 aromatic carbocycles. The van der Waals surface area contributed by atoms with Crippen LogP contribution in [-0.2, 0) is 18.3 Å². The van der Waals surface area contributed by atoms with Crippen molar-refractivity contribution >= 4 is 16.9 Å². The SMILES string of the molecule is CCOC(=O)c1ccc2c(c1)c(C)c(Cn1ccnc1)n2C. The number of benzene rings is 1. The number of aromatic nitrogens is 3. The minimum Gasteiger partial charge on any atom is -0.462 e. The maximum atomic E-state index is 11.9. The van der Waals surface area contributed by atoms with Crippen LogP contribution in [0.25, 0.3) is 10.9 Å². The van der Waals surface area contributed by atoms with Crippen LogP contribution in [0.4, 0.5) is 0 Å². The second-order valence-electron chi connectivity index (χ2n) is 5.32. The van der Waals surface area contributed by atoms with Gasteiger partial charge in [-0.25, -0.2) is 9.78 Å². The van der Waals surface area contributed by atoms with Crippen molar-refractivity contribution in [2.75, 3.05) is 6.61 Å². The molecule has 5 nitrogen and oxygen atoms in total. The molecule has 0 fully saturated rings. The second kappa shape index (κ2) is 5.67. The fraction of sp³-hybridized carbons (Fsp3) is 0.294. The number of imidazole rings is 1. The summed E-state index contributed by atoms with van der Waals surface area (Å²) < 4.78 is 9.28. The lowest BCUT2D eigenvalue weighted by Crippen LogP contribution is -2.04. The minimum absolute atomic E-state index is 0.274. The molecule has 0 unspecified atom stereocenters. The van der Waals surface area contributed by atoms with Crippen LogP contribution in [0.1, 0.15) is 28.5 Å². The Hall–Kier alpha value is -2.56. The van der Waals surface area contributed by atoms with Gasteiger partial charge in [-0.3, -0.25) is 0 Å². The Morgan fingerprint density at radius 3 is 2.86 bits per heavy atom. The second-order valence-corrected chi connectivity index (χ2v) is 5.32. The summed E-state index contributed by atoms with van der Waals surface area (Å²) in [6, 6.07) is 5.72. The van der Waals surface area contributed by atoms with E-state index in [-0.39, 0.29) is 5.97 Å². The summed E-state index contributed by atoms with van der Waals surface area (Å²) >= 11 is 0. The van der Waals surface area contributed by atoms with Gasteiger partial charge in [0.2, 0.25) is 0 Å². The largest absolute Gasteiger partial charge is 0.462 e. The molecule has 2 aromatic heterocycles.